The van der Waals surface area contributed by atoms with Crippen LogP contribution in [-0.4, -0.2) is 36.0 Å². The molecule has 1 atom stereocenters. The normalized spacial score (nSPS) is 32.7. The molecule has 0 bridgehead atoms. The van der Waals surface area contributed by atoms with Crippen molar-refractivity contribution in [2.45, 2.75) is 45.6 Å². The van der Waals surface area contributed by atoms with Crippen molar-refractivity contribution in [1.82, 2.24) is 10.2 Å². The van der Waals surface area contributed by atoms with E-state index in [1.807, 2.05) is 0 Å². The van der Waals surface area contributed by atoms with Crippen molar-refractivity contribution in [2.75, 3.05) is 19.6 Å². The molecular weight excluding hydrogens is 188 g/mol. The van der Waals surface area contributed by atoms with Gasteiger partial charge in [0.15, 0.2) is 0 Å². The summed E-state index contributed by atoms with van der Waals surface area (Å²) in [5, 5.41) is 3.37. The molecule has 0 aliphatic carbocycles. The molecule has 2 heterocycles. The average Bonchev–Trinajstić information content (AvgIpc) is 2.45. The van der Waals surface area contributed by atoms with Crippen molar-refractivity contribution >= 4 is 5.91 Å². The highest BCUT2D eigenvalue weighted by Gasteiger charge is 2.49. The molecule has 0 saturated carbocycles. The van der Waals surface area contributed by atoms with Crippen LogP contribution in [0.2, 0.25) is 0 Å². The van der Waals surface area contributed by atoms with Crippen LogP contribution in [0.5, 0.6) is 0 Å². The molecule has 3 heteroatoms. The first-order chi connectivity index (χ1) is 6.96. The number of piperidine rings is 1. The highest BCUT2D eigenvalue weighted by molar-refractivity contribution is 5.85. The quantitative estimate of drug-likeness (QED) is 0.655. The zero-order chi connectivity index (χ0) is 11.1. The van der Waals surface area contributed by atoms with Crippen molar-refractivity contribution in [3.63, 3.8) is 0 Å². The number of carbonyl (C=O) groups is 1. The molecule has 0 unspecified atom stereocenters. The number of hydrogen-bond acceptors (Lipinski definition) is 2. The molecule has 0 aromatic carbocycles. The van der Waals surface area contributed by atoms with E-state index in [9.17, 15) is 4.79 Å². The molecular formula is C12H22N2O. The van der Waals surface area contributed by atoms with E-state index in [1.165, 1.54) is 0 Å². The van der Waals surface area contributed by atoms with Gasteiger partial charge in [0, 0.05) is 18.6 Å². The van der Waals surface area contributed by atoms with Crippen molar-refractivity contribution in [1.29, 1.82) is 0 Å². The SMILES string of the molecule is CC(C)(C)N1CC[C@]2(CCCNC2)C1=O. The molecule has 2 rings (SSSR count). The van der Waals surface area contributed by atoms with Crippen LogP contribution in [0.1, 0.15) is 40.0 Å². The fourth-order valence-electron chi connectivity index (χ4n) is 2.82. The second-order valence-electron chi connectivity index (χ2n) is 5.94. The first kappa shape index (κ1) is 10.9. The number of carbonyl (C=O) groups excluding carboxylic acids is 1. The number of hydrogen-bond donors (Lipinski definition) is 1. The summed E-state index contributed by atoms with van der Waals surface area (Å²) in [5.74, 6) is 0.377. The van der Waals surface area contributed by atoms with Gasteiger partial charge in [-0.1, -0.05) is 0 Å². The summed E-state index contributed by atoms with van der Waals surface area (Å²) in [5.41, 5.74) is -0.0798. The maximum absolute atomic E-state index is 12.4. The third-order valence-electron chi connectivity index (χ3n) is 3.79. The second-order valence-corrected chi connectivity index (χ2v) is 5.94. The van der Waals surface area contributed by atoms with Crippen molar-refractivity contribution in [3.05, 3.63) is 0 Å². The van der Waals surface area contributed by atoms with Gasteiger partial charge in [0.1, 0.15) is 0 Å². The number of nitrogens with one attached hydrogen (secondary N) is 1. The topological polar surface area (TPSA) is 32.3 Å². The summed E-state index contributed by atoms with van der Waals surface area (Å²) in [7, 11) is 0. The van der Waals surface area contributed by atoms with Crippen LogP contribution >= 0.6 is 0 Å². The molecule has 2 aliphatic rings. The first-order valence-electron chi connectivity index (χ1n) is 5.99. The van der Waals surface area contributed by atoms with Gasteiger partial charge >= 0.3 is 0 Å². The predicted octanol–water partition coefficient (Wildman–Crippen LogP) is 1.39. The summed E-state index contributed by atoms with van der Waals surface area (Å²) in [6.07, 6.45) is 3.26. The monoisotopic (exact) mass is 210 g/mol. The van der Waals surface area contributed by atoms with Crippen LogP contribution in [-0.2, 0) is 4.79 Å². The van der Waals surface area contributed by atoms with Crippen LogP contribution in [0.3, 0.4) is 0 Å². The molecule has 1 N–H and O–H groups in total. The lowest BCUT2D eigenvalue weighted by Gasteiger charge is -2.36. The van der Waals surface area contributed by atoms with Crippen LogP contribution in [0.25, 0.3) is 0 Å². The Hall–Kier alpha value is -0.570. The maximum atomic E-state index is 12.4. The number of amides is 1. The fraction of sp³-hybridized carbons (Fsp3) is 0.917. The average molecular weight is 210 g/mol. The first-order valence-corrected chi connectivity index (χ1v) is 5.99. The Kier molecular flexibility index (Phi) is 2.53. The molecule has 2 saturated heterocycles. The fourth-order valence-corrected chi connectivity index (χ4v) is 2.82. The van der Waals surface area contributed by atoms with Gasteiger partial charge < -0.3 is 10.2 Å². The second kappa shape index (κ2) is 3.48. The number of nitrogens with zero attached hydrogens (tertiary/aromatic N) is 1. The summed E-state index contributed by atoms with van der Waals surface area (Å²) in [6.45, 7) is 9.27. The zero-order valence-electron chi connectivity index (χ0n) is 10.1. The maximum Gasteiger partial charge on any atom is 0.230 e. The van der Waals surface area contributed by atoms with Gasteiger partial charge in [-0.25, -0.2) is 0 Å². The van der Waals surface area contributed by atoms with Gasteiger partial charge in [-0.3, -0.25) is 4.79 Å². The Bertz CT molecular complexity index is 261. The van der Waals surface area contributed by atoms with Gasteiger partial charge in [0.2, 0.25) is 5.91 Å². The van der Waals surface area contributed by atoms with E-state index < -0.39 is 0 Å². The minimum atomic E-state index is -0.0640. The van der Waals surface area contributed by atoms with Gasteiger partial charge in [-0.2, -0.15) is 0 Å². The summed E-state index contributed by atoms with van der Waals surface area (Å²) >= 11 is 0. The molecule has 1 spiro atoms. The summed E-state index contributed by atoms with van der Waals surface area (Å²) < 4.78 is 0. The molecule has 15 heavy (non-hydrogen) atoms. The Morgan fingerprint density at radius 3 is 2.53 bits per heavy atom. The van der Waals surface area contributed by atoms with Crippen LogP contribution < -0.4 is 5.32 Å². The molecule has 1 amide bonds. The molecule has 2 fully saturated rings. The van der Waals surface area contributed by atoms with E-state index in [0.29, 0.717) is 5.91 Å². The Morgan fingerprint density at radius 2 is 2.07 bits per heavy atom. The van der Waals surface area contributed by atoms with Gasteiger partial charge in [-0.15, -0.1) is 0 Å². The summed E-state index contributed by atoms with van der Waals surface area (Å²) in [6, 6.07) is 0. The highest BCUT2D eigenvalue weighted by Crippen LogP contribution is 2.40. The van der Waals surface area contributed by atoms with Gasteiger partial charge in [0.25, 0.3) is 0 Å². The summed E-state index contributed by atoms with van der Waals surface area (Å²) in [4.78, 5) is 14.5. The Morgan fingerprint density at radius 1 is 1.33 bits per heavy atom. The number of likely N-dealkylation sites (tertiary alicyclic amines) is 1. The lowest BCUT2D eigenvalue weighted by molar-refractivity contribution is -0.140. The van der Waals surface area contributed by atoms with E-state index in [1.54, 1.807) is 0 Å². The van der Waals surface area contributed by atoms with E-state index in [2.05, 4.69) is 31.0 Å². The lowest BCUT2D eigenvalue weighted by Crippen LogP contribution is -2.50. The third kappa shape index (κ3) is 1.78. The predicted molar refractivity (Wildman–Crippen MR) is 60.6 cm³/mol. The Labute approximate surface area is 92.2 Å². The van der Waals surface area contributed by atoms with Gasteiger partial charge in [-0.05, 0) is 46.6 Å². The highest BCUT2D eigenvalue weighted by atomic mass is 16.2. The van der Waals surface area contributed by atoms with Crippen molar-refractivity contribution < 1.29 is 4.79 Å². The van der Waals surface area contributed by atoms with E-state index in [0.717, 1.165) is 38.9 Å². The number of rotatable bonds is 0. The van der Waals surface area contributed by atoms with E-state index in [-0.39, 0.29) is 11.0 Å². The third-order valence-corrected chi connectivity index (χ3v) is 3.79. The van der Waals surface area contributed by atoms with Gasteiger partial charge in [0.05, 0.1) is 5.41 Å². The van der Waals surface area contributed by atoms with Crippen LogP contribution in [0.15, 0.2) is 0 Å². The van der Waals surface area contributed by atoms with E-state index in [4.69, 9.17) is 0 Å². The molecule has 2 aliphatic heterocycles. The largest absolute Gasteiger partial charge is 0.337 e. The Balaban J connectivity index is 2.16. The van der Waals surface area contributed by atoms with E-state index >= 15 is 0 Å². The standard InChI is InChI=1S/C12H22N2O/c1-11(2,3)14-8-6-12(10(14)15)5-4-7-13-9-12/h13H,4-9H2,1-3H3/t12-/m0/s1. The lowest BCUT2D eigenvalue weighted by atomic mass is 9.79. The molecule has 0 aromatic rings. The molecule has 86 valence electrons. The molecule has 0 aromatic heterocycles. The van der Waals surface area contributed by atoms with Crippen LogP contribution in [0.4, 0.5) is 0 Å². The zero-order valence-corrected chi connectivity index (χ0v) is 10.1. The molecule has 3 nitrogen and oxygen atoms in total. The van der Waals surface area contributed by atoms with Crippen LogP contribution in [0, 0.1) is 5.41 Å². The minimum absolute atomic E-state index is 0.0158. The van der Waals surface area contributed by atoms with Crippen molar-refractivity contribution in [3.8, 4) is 0 Å². The minimum Gasteiger partial charge on any atom is -0.337 e. The smallest absolute Gasteiger partial charge is 0.230 e. The van der Waals surface area contributed by atoms with Crippen molar-refractivity contribution in [2.24, 2.45) is 5.41 Å². The molecule has 0 radical (unpaired) electrons.